The third kappa shape index (κ3) is 5.17. The van der Waals surface area contributed by atoms with Gasteiger partial charge in [-0.2, -0.15) is 5.10 Å². The topological polar surface area (TPSA) is 84.2 Å². The highest BCUT2D eigenvalue weighted by molar-refractivity contribution is 9.10. The van der Waals surface area contributed by atoms with E-state index in [1.807, 2.05) is 0 Å². The molecule has 6 nitrogen and oxygen atoms in total. The van der Waals surface area contributed by atoms with Crippen LogP contribution in [-0.2, 0) is 16.1 Å². The molecule has 2 aromatic rings. The zero-order chi connectivity index (χ0) is 16.8. The average Bonchev–Trinajstić information content (AvgIpc) is 2.81. The van der Waals surface area contributed by atoms with Gasteiger partial charge in [-0.05, 0) is 28.4 Å². The Kier molecular flexibility index (Phi) is 5.86. The lowest BCUT2D eigenvalue weighted by Gasteiger charge is -2.03. The summed E-state index contributed by atoms with van der Waals surface area (Å²) < 4.78 is 15.7. The molecule has 1 aromatic heterocycles. The molecule has 0 bridgehead atoms. The molecule has 0 aliphatic rings. The molecule has 0 fully saturated rings. The van der Waals surface area contributed by atoms with Gasteiger partial charge in [-0.3, -0.25) is 14.3 Å². The number of carboxylic acids is 1. The van der Waals surface area contributed by atoms with Gasteiger partial charge in [-0.15, -0.1) is 0 Å². The second kappa shape index (κ2) is 7.87. The first-order chi connectivity index (χ1) is 11.0. The second-order valence-corrected chi connectivity index (χ2v) is 5.76. The van der Waals surface area contributed by atoms with Crippen molar-refractivity contribution in [2.24, 2.45) is 0 Å². The average molecular weight is 384 g/mol. The summed E-state index contributed by atoms with van der Waals surface area (Å²) in [5, 5.41) is 15.3. The molecule has 0 unspecified atom stereocenters. The standard InChI is InChI=1S/C15H15BrFN3O3/c16-11-9-20(8-10-4-1-2-5-12(10)17)19-15(11)18-13(21)6-3-7-14(22)23/h1-2,4-5,9H,3,6-8H2,(H,22,23)(H,18,19,21). The number of carbonyl (C=O) groups excluding carboxylic acids is 1. The summed E-state index contributed by atoms with van der Waals surface area (Å²) >= 11 is 3.28. The fraction of sp³-hybridized carbons (Fsp3) is 0.267. The van der Waals surface area contributed by atoms with E-state index in [1.165, 1.54) is 10.7 Å². The van der Waals surface area contributed by atoms with Crippen LogP contribution >= 0.6 is 15.9 Å². The summed E-state index contributed by atoms with van der Waals surface area (Å²) in [7, 11) is 0. The summed E-state index contributed by atoms with van der Waals surface area (Å²) in [4.78, 5) is 22.1. The predicted octanol–water partition coefficient (Wildman–Crippen LogP) is 3.03. The van der Waals surface area contributed by atoms with E-state index in [0.29, 0.717) is 15.9 Å². The van der Waals surface area contributed by atoms with E-state index in [1.54, 1.807) is 24.4 Å². The van der Waals surface area contributed by atoms with Gasteiger partial charge in [0.25, 0.3) is 0 Å². The van der Waals surface area contributed by atoms with E-state index in [-0.39, 0.29) is 37.5 Å². The maximum atomic E-state index is 13.6. The Bertz CT molecular complexity index is 718. The number of carboxylic acid groups (broad SMARTS) is 1. The lowest BCUT2D eigenvalue weighted by molar-refractivity contribution is -0.137. The van der Waals surface area contributed by atoms with Gasteiger partial charge >= 0.3 is 5.97 Å². The number of nitrogens with one attached hydrogen (secondary N) is 1. The first-order valence-electron chi connectivity index (χ1n) is 6.93. The molecular weight excluding hydrogens is 369 g/mol. The molecular formula is C15H15BrFN3O3. The number of carbonyl (C=O) groups is 2. The number of hydrogen-bond donors (Lipinski definition) is 2. The first-order valence-corrected chi connectivity index (χ1v) is 7.73. The van der Waals surface area contributed by atoms with Gasteiger partial charge in [0.15, 0.2) is 5.82 Å². The number of aliphatic carboxylic acids is 1. The third-order valence-corrected chi connectivity index (χ3v) is 3.64. The van der Waals surface area contributed by atoms with Crippen molar-refractivity contribution >= 4 is 33.6 Å². The van der Waals surface area contributed by atoms with E-state index < -0.39 is 5.97 Å². The highest BCUT2D eigenvalue weighted by Crippen LogP contribution is 2.21. The summed E-state index contributed by atoms with van der Waals surface area (Å²) in [6, 6.07) is 6.39. The van der Waals surface area contributed by atoms with Crippen LogP contribution in [0.1, 0.15) is 24.8 Å². The first kappa shape index (κ1) is 17.1. The number of hydrogen-bond acceptors (Lipinski definition) is 3. The molecule has 0 aliphatic heterocycles. The summed E-state index contributed by atoms with van der Waals surface area (Å²) in [5.74, 6) is -1.25. The van der Waals surface area contributed by atoms with Crippen molar-refractivity contribution in [3.8, 4) is 0 Å². The Morgan fingerprint density at radius 1 is 1.30 bits per heavy atom. The number of nitrogens with zero attached hydrogens (tertiary/aromatic N) is 2. The number of aromatic nitrogens is 2. The molecule has 1 amide bonds. The van der Waals surface area contributed by atoms with Gasteiger partial charge in [-0.25, -0.2) is 4.39 Å². The van der Waals surface area contributed by atoms with E-state index in [4.69, 9.17) is 5.11 Å². The molecule has 0 atom stereocenters. The summed E-state index contributed by atoms with van der Waals surface area (Å²) in [5.41, 5.74) is 0.488. The largest absolute Gasteiger partial charge is 0.481 e. The number of anilines is 1. The van der Waals surface area contributed by atoms with Gasteiger partial charge in [0.2, 0.25) is 5.91 Å². The number of benzene rings is 1. The van der Waals surface area contributed by atoms with Gasteiger partial charge < -0.3 is 10.4 Å². The Hall–Kier alpha value is -2.22. The van der Waals surface area contributed by atoms with Gasteiger partial charge in [0.1, 0.15) is 5.82 Å². The Morgan fingerprint density at radius 2 is 2.04 bits per heavy atom. The van der Waals surface area contributed by atoms with Gasteiger partial charge in [0, 0.05) is 24.6 Å². The van der Waals surface area contributed by atoms with Crippen LogP contribution in [0.15, 0.2) is 34.9 Å². The SMILES string of the molecule is O=C(O)CCCC(=O)Nc1nn(Cc2ccccc2F)cc1Br. The minimum absolute atomic E-state index is 0.0592. The minimum Gasteiger partial charge on any atom is -0.481 e. The van der Waals surface area contributed by atoms with Crippen LogP contribution in [0, 0.1) is 5.82 Å². The van der Waals surface area contributed by atoms with Gasteiger partial charge in [0.05, 0.1) is 11.0 Å². The zero-order valence-electron chi connectivity index (χ0n) is 12.1. The van der Waals surface area contributed by atoms with Crippen molar-refractivity contribution in [2.45, 2.75) is 25.8 Å². The predicted molar refractivity (Wildman–Crippen MR) is 85.5 cm³/mol. The number of rotatable bonds is 7. The van der Waals surface area contributed by atoms with E-state index >= 15 is 0 Å². The lowest BCUT2D eigenvalue weighted by atomic mass is 10.2. The highest BCUT2D eigenvalue weighted by atomic mass is 79.9. The van der Waals surface area contributed by atoms with Crippen LogP contribution in [0.5, 0.6) is 0 Å². The van der Waals surface area contributed by atoms with Crippen LogP contribution in [0.25, 0.3) is 0 Å². The van der Waals surface area contributed by atoms with E-state index in [0.717, 1.165) is 0 Å². The van der Waals surface area contributed by atoms with Crippen LogP contribution < -0.4 is 5.32 Å². The molecule has 0 saturated heterocycles. The molecule has 0 spiro atoms. The summed E-state index contributed by atoms with van der Waals surface area (Å²) in [6.07, 6.45) is 1.93. The zero-order valence-corrected chi connectivity index (χ0v) is 13.7. The molecule has 2 rings (SSSR count). The fourth-order valence-electron chi connectivity index (χ4n) is 1.96. The third-order valence-electron chi connectivity index (χ3n) is 3.06. The Morgan fingerprint density at radius 3 is 2.74 bits per heavy atom. The van der Waals surface area contributed by atoms with Crippen LogP contribution in [0.2, 0.25) is 0 Å². The highest BCUT2D eigenvalue weighted by Gasteiger charge is 2.12. The second-order valence-electron chi connectivity index (χ2n) is 4.91. The van der Waals surface area contributed by atoms with Crippen molar-refractivity contribution in [3.05, 3.63) is 46.3 Å². The summed E-state index contributed by atoms with van der Waals surface area (Å²) in [6.45, 7) is 0.236. The van der Waals surface area contributed by atoms with E-state index in [9.17, 15) is 14.0 Å². The fourth-order valence-corrected chi connectivity index (χ4v) is 2.37. The molecule has 0 radical (unpaired) electrons. The minimum atomic E-state index is -0.937. The van der Waals surface area contributed by atoms with Crippen LogP contribution in [0.3, 0.4) is 0 Å². The molecule has 0 aliphatic carbocycles. The molecule has 8 heteroatoms. The molecule has 1 heterocycles. The molecule has 1 aromatic carbocycles. The maximum absolute atomic E-state index is 13.6. The van der Waals surface area contributed by atoms with Crippen molar-refractivity contribution in [1.29, 1.82) is 0 Å². The normalized spacial score (nSPS) is 10.5. The quantitative estimate of drug-likeness (QED) is 0.769. The van der Waals surface area contributed by atoms with Crippen molar-refractivity contribution in [3.63, 3.8) is 0 Å². The Balaban J connectivity index is 1.97. The smallest absolute Gasteiger partial charge is 0.303 e. The van der Waals surface area contributed by atoms with Crippen molar-refractivity contribution in [2.75, 3.05) is 5.32 Å². The monoisotopic (exact) mass is 383 g/mol. The van der Waals surface area contributed by atoms with Crippen LogP contribution in [-0.4, -0.2) is 26.8 Å². The lowest BCUT2D eigenvalue weighted by Crippen LogP contribution is -2.13. The molecule has 23 heavy (non-hydrogen) atoms. The van der Waals surface area contributed by atoms with E-state index in [2.05, 4.69) is 26.3 Å². The molecule has 122 valence electrons. The van der Waals surface area contributed by atoms with Crippen molar-refractivity contribution < 1.29 is 19.1 Å². The Labute approximate surface area is 140 Å². The molecule has 2 N–H and O–H groups in total. The number of halogens is 2. The van der Waals surface area contributed by atoms with Gasteiger partial charge in [-0.1, -0.05) is 18.2 Å². The van der Waals surface area contributed by atoms with Crippen LogP contribution in [0.4, 0.5) is 10.2 Å². The van der Waals surface area contributed by atoms with Crippen molar-refractivity contribution in [1.82, 2.24) is 9.78 Å². The molecule has 0 saturated carbocycles. The maximum Gasteiger partial charge on any atom is 0.303 e. The number of amides is 1.